The minimum absolute atomic E-state index is 0.0769. The molecule has 1 aromatic carbocycles. The van der Waals surface area contributed by atoms with Gasteiger partial charge in [0.05, 0.1) is 16.3 Å². The van der Waals surface area contributed by atoms with E-state index in [1.54, 1.807) is 0 Å². The van der Waals surface area contributed by atoms with Gasteiger partial charge in [-0.3, -0.25) is 0 Å². The maximum absolute atomic E-state index is 11.8. The van der Waals surface area contributed by atoms with E-state index >= 15 is 0 Å². The first-order valence-electron chi connectivity index (χ1n) is 6.37. The van der Waals surface area contributed by atoms with E-state index in [2.05, 4.69) is 24.5 Å². The molecule has 3 N–H and O–H groups in total. The minimum Gasteiger partial charge on any atom is -0.478 e. The molecule has 1 aliphatic rings. The summed E-state index contributed by atoms with van der Waals surface area (Å²) in [6.07, 6.45) is 1.10. The van der Waals surface area contributed by atoms with Gasteiger partial charge in [0.25, 0.3) is 0 Å². The highest BCUT2D eigenvalue weighted by Crippen LogP contribution is 2.50. The molecule has 2 rings (SSSR count). The lowest BCUT2D eigenvalue weighted by atomic mass is 10.1. The Balaban J connectivity index is 1.93. The van der Waals surface area contributed by atoms with Crippen LogP contribution in [0.3, 0.4) is 0 Å². The molecule has 6 heteroatoms. The van der Waals surface area contributed by atoms with Crippen LogP contribution in [0.2, 0.25) is 5.02 Å². The molecule has 2 amide bonds. The number of carbonyl (C=O) groups excluding carboxylic acids is 1. The number of carboxylic acids is 1. The van der Waals surface area contributed by atoms with Gasteiger partial charge in [0, 0.05) is 6.54 Å². The molecule has 0 bridgehead atoms. The molecular weight excluding hydrogens is 280 g/mol. The molecule has 1 unspecified atom stereocenters. The third-order valence-electron chi connectivity index (χ3n) is 3.69. The van der Waals surface area contributed by atoms with E-state index in [1.165, 1.54) is 18.2 Å². The van der Waals surface area contributed by atoms with Crippen molar-refractivity contribution in [1.82, 2.24) is 5.32 Å². The summed E-state index contributed by atoms with van der Waals surface area (Å²) in [5.41, 5.74) is 0.667. The molecule has 1 aliphatic carbocycles. The third kappa shape index (κ3) is 3.42. The summed E-state index contributed by atoms with van der Waals surface area (Å²) in [6, 6.07) is 3.80. The number of hydrogen-bond acceptors (Lipinski definition) is 2. The summed E-state index contributed by atoms with van der Waals surface area (Å²) in [6.45, 7) is 4.92. The molecule has 108 valence electrons. The van der Waals surface area contributed by atoms with Crippen LogP contribution in [0.25, 0.3) is 0 Å². The van der Waals surface area contributed by atoms with E-state index in [-0.39, 0.29) is 11.6 Å². The first-order chi connectivity index (χ1) is 9.29. The lowest BCUT2D eigenvalue weighted by molar-refractivity contribution is 0.0697. The molecule has 20 heavy (non-hydrogen) atoms. The largest absolute Gasteiger partial charge is 0.478 e. The van der Waals surface area contributed by atoms with Gasteiger partial charge in [0.2, 0.25) is 0 Å². The van der Waals surface area contributed by atoms with Crippen molar-refractivity contribution >= 4 is 29.3 Å². The average molecular weight is 297 g/mol. The van der Waals surface area contributed by atoms with Gasteiger partial charge in [0.1, 0.15) is 0 Å². The molecule has 1 saturated carbocycles. The van der Waals surface area contributed by atoms with Crippen LogP contribution < -0.4 is 10.6 Å². The fourth-order valence-electron chi connectivity index (χ4n) is 2.06. The SMILES string of the molecule is CC1(C)CC1CNC(=O)Nc1cc(C(=O)O)ccc1Cl. The lowest BCUT2D eigenvalue weighted by Gasteiger charge is -2.10. The van der Waals surface area contributed by atoms with Gasteiger partial charge in [-0.15, -0.1) is 0 Å². The molecule has 0 heterocycles. The Morgan fingerprint density at radius 3 is 2.65 bits per heavy atom. The number of benzene rings is 1. The number of nitrogens with one attached hydrogen (secondary N) is 2. The molecule has 0 saturated heterocycles. The zero-order valence-corrected chi connectivity index (χ0v) is 12.1. The zero-order valence-electron chi connectivity index (χ0n) is 11.4. The second-order valence-electron chi connectivity index (χ2n) is 5.72. The van der Waals surface area contributed by atoms with E-state index in [4.69, 9.17) is 16.7 Å². The van der Waals surface area contributed by atoms with Crippen LogP contribution in [0.4, 0.5) is 10.5 Å². The van der Waals surface area contributed by atoms with Gasteiger partial charge in [-0.05, 0) is 36.0 Å². The number of carbonyl (C=O) groups is 2. The standard InChI is InChI=1S/C14H17ClN2O3/c1-14(2)6-9(14)7-16-13(20)17-11-5-8(12(18)19)3-4-10(11)15/h3-5,9H,6-7H2,1-2H3,(H,18,19)(H2,16,17,20). The Labute approximate surface area is 122 Å². The quantitative estimate of drug-likeness (QED) is 0.798. The molecule has 1 atom stereocenters. The number of carboxylic acid groups (broad SMARTS) is 1. The fraction of sp³-hybridized carbons (Fsp3) is 0.429. The Kier molecular flexibility index (Phi) is 3.90. The third-order valence-corrected chi connectivity index (χ3v) is 4.02. The Hall–Kier alpha value is -1.75. The minimum atomic E-state index is -1.06. The number of hydrogen-bond donors (Lipinski definition) is 3. The number of aromatic carboxylic acids is 1. The summed E-state index contributed by atoms with van der Waals surface area (Å²) in [7, 11) is 0. The van der Waals surface area contributed by atoms with Crippen molar-refractivity contribution in [2.24, 2.45) is 11.3 Å². The van der Waals surface area contributed by atoms with E-state index in [0.29, 0.717) is 28.6 Å². The average Bonchev–Trinajstić information content (AvgIpc) is 2.97. The first-order valence-corrected chi connectivity index (χ1v) is 6.75. The van der Waals surface area contributed by atoms with Crippen LogP contribution >= 0.6 is 11.6 Å². The molecular formula is C14H17ClN2O3. The van der Waals surface area contributed by atoms with E-state index in [0.717, 1.165) is 6.42 Å². The number of amides is 2. The van der Waals surface area contributed by atoms with Crippen molar-refractivity contribution < 1.29 is 14.7 Å². The summed E-state index contributed by atoms with van der Waals surface area (Å²) >= 11 is 5.93. The van der Waals surface area contributed by atoms with E-state index in [9.17, 15) is 9.59 Å². The second kappa shape index (κ2) is 5.32. The molecule has 1 aromatic rings. The van der Waals surface area contributed by atoms with Crippen LogP contribution in [0.1, 0.15) is 30.6 Å². The van der Waals surface area contributed by atoms with Gasteiger partial charge >= 0.3 is 12.0 Å². The maximum Gasteiger partial charge on any atom is 0.335 e. The van der Waals surface area contributed by atoms with Crippen molar-refractivity contribution in [3.05, 3.63) is 28.8 Å². The number of rotatable bonds is 4. The van der Waals surface area contributed by atoms with Crippen LogP contribution in [0.5, 0.6) is 0 Å². The predicted octanol–water partition coefficient (Wildman–Crippen LogP) is 3.21. The van der Waals surface area contributed by atoms with Crippen LogP contribution in [-0.2, 0) is 0 Å². The Morgan fingerprint density at radius 1 is 1.45 bits per heavy atom. The second-order valence-corrected chi connectivity index (χ2v) is 6.13. The van der Waals surface area contributed by atoms with Crippen molar-refractivity contribution in [3.63, 3.8) is 0 Å². The highest BCUT2D eigenvalue weighted by atomic mass is 35.5. The molecule has 0 aliphatic heterocycles. The molecule has 0 radical (unpaired) electrons. The molecule has 0 aromatic heterocycles. The first kappa shape index (κ1) is 14.7. The Bertz CT molecular complexity index is 557. The monoisotopic (exact) mass is 296 g/mol. The molecule has 1 fully saturated rings. The maximum atomic E-state index is 11.8. The smallest absolute Gasteiger partial charge is 0.335 e. The van der Waals surface area contributed by atoms with Crippen molar-refractivity contribution in [3.8, 4) is 0 Å². The number of urea groups is 1. The topological polar surface area (TPSA) is 78.4 Å². The highest BCUT2D eigenvalue weighted by molar-refractivity contribution is 6.33. The lowest BCUT2D eigenvalue weighted by Crippen LogP contribution is -2.31. The summed E-state index contributed by atoms with van der Waals surface area (Å²) in [5.74, 6) is -0.570. The van der Waals surface area contributed by atoms with Crippen molar-refractivity contribution in [2.45, 2.75) is 20.3 Å². The van der Waals surface area contributed by atoms with E-state index in [1.807, 2.05) is 0 Å². The van der Waals surface area contributed by atoms with Crippen molar-refractivity contribution in [1.29, 1.82) is 0 Å². The predicted molar refractivity (Wildman–Crippen MR) is 77.3 cm³/mol. The summed E-state index contributed by atoms with van der Waals surface area (Å²) in [5, 5.41) is 14.5. The van der Waals surface area contributed by atoms with Gasteiger partial charge in [0.15, 0.2) is 0 Å². The van der Waals surface area contributed by atoms with Crippen LogP contribution in [-0.4, -0.2) is 23.7 Å². The zero-order chi connectivity index (χ0) is 14.9. The molecule has 0 spiro atoms. The van der Waals surface area contributed by atoms with Crippen LogP contribution in [0.15, 0.2) is 18.2 Å². The highest BCUT2D eigenvalue weighted by Gasteiger charge is 2.45. The van der Waals surface area contributed by atoms with Crippen molar-refractivity contribution in [2.75, 3.05) is 11.9 Å². The van der Waals surface area contributed by atoms with Gasteiger partial charge in [-0.2, -0.15) is 0 Å². The number of anilines is 1. The van der Waals surface area contributed by atoms with Gasteiger partial charge in [-0.25, -0.2) is 9.59 Å². The molecule has 5 nitrogen and oxygen atoms in total. The van der Waals surface area contributed by atoms with E-state index < -0.39 is 5.97 Å². The van der Waals surface area contributed by atoms with Gasteiger partial charge < -0.3 is 15.7 Å². The summed E-state index contributed by atoms with van der Waals surface area (Å²) < 4.78 is 0. The summed E-state index contributed by atoms with van der Waals surface area (Å²) in [4.78, 5) is 22.6. The normalized spacial score (nSPS) is 19.2. The Morgan fingerprint density at radius 2 is 2.10 bits per heavy atom. The number of halogens is 1. The fourth-order valence-corrected chi connectivity index (χ4v) is 2.23. The van der Waals surface area contributed by atoms with Crippen LogP contribution in [0, 0.1) is 11.3 Å². The van der Waals surface area contributed by atoms with Gasteiger partial charge in [-0.1, -0.05) is 25.4 Å².